The van der Waals surface area contributed by atoms with Gasteiger partial charge in [0, 0.05) is 6.54 Å². The Kier molecular flexibility index (Phi) is 5.93. The number of hydrogen-bond acceptors (Lipinski definition) is 3. The fourth-order valence-corrected chi connectivity index (χ4v) is 1.88. The van der Waals surface area contributed by atoms with Crippen molar-refractivity contribution in [2.45, 2.75) is 6.92 Å². The molecule has 0 aromatic heterocycles. The minimum atomic E-state index is 0.510. The Hall–Kier alpha value is -1.14. The van der Waals surface area contributed by atoms with E-state index in [-0.39, 0.29) is 0 Å². The molecule has 2 N–H and O–H groups in total. The van der Waals surface area contributed by atoms with Gasteiger partial charge in [-0.2, -0.15) is 5.10 Å². The molecule has 0 saturated carbocycles. The molecule has 0 heterocycles. The van der Waals surface area contributed by atoms with Gasteiger partial charge in [-0.25, -0.2) is 0 Å². The minimum Gasteiger partial charge on any atom is -0.496 e. The molecule has 0 aliphatic heterocycles. The first-order valence-electron chi connectivity index (χ1n) is 5.07. The van der Waals surface area contributed by atoms with Crippen LogP contribution in [0.5, 0.6) is 5.75 Å². The molecule has 0 unspecified atom stereocenters. The van der Waals surface area contributed by atoms with Gasteiger partial charge in [0.25, 0.3) is 0 Å². The van der Waals surface area contributed by atoms with Crippen molar-refractivity contribution in [1.29, 1.82) is 0 Å². The first-order valence-corrected chi connectivity index (χ1v) is 6.28. The van der Waals surface area contributed by atoms with Gasteiger partial charge in [0.15, 0.2) is 5.11 Å². The van der Waals surface area contributed by atoms with Crippen LogP contribution in [0.1, 0.15) is 12.5 Å². The van der Waals surface area contributed by atoms with Gasteiger partial charge in [0.1, 0.15) is 5.75 Å². The topological polar surface area (TPSA) is 45.7 Å². The summed E-state index contributed by atoms with van der Waals surface area (Å²) < 4.78 is 6.02. The number of hydrazone groups is 1. The average Bonchev–Trinajstić information content (AvgIpc) is 2.29. The van der Waals surface area contributed by atoms with E-state index in [0.29, 0.717) is 5.11 Å². The predicted molar refractivity (Wildman–Crippen MR) is 77.7 cm³/mol. The molecule has 0 atom stereocenters. The number of rotatable bonds is 4. The number of thiocarbonyl (C=S) groups is 1. The van der Waals surface area contributed by atoms with E-state index in [1.807, 2.05) is 25.1 Å². The summed E-state index contributed by atoms with van der Waals surface area (Å²) in [5.41, 5.74) is 3.67. The molecular formula is C11H14BrN3OS. The summed E-state index contributed by atoms with van der Waals surface area (Å²) in [6.45, 7) is 2.74. The van der Waals surface area contributed by atoms with Gasteiger partial charge in [-0.1, -0.05) is 0 Å². The molecule has 92 valence electrons. The molecule has 0 radical (unpaired) electrons. The molecule has 0 spiro atoms. The van der Waals surface area contributed by atoms with Gasteiger partial charge < -0.3 is 10.1 Å². The highest BCUT2D eigenvalue weighted by molar-refractivity contribution is 9.10. The Labute approximate surface area is 115 Å². The molecule has 0 bridgehead atoms. The fraction of sp³-hybridized carbons (Fsp3) is 0.273. The lowest BCUT2D eigenvalue weighted by Crippen LogP contribution is -2.31. The zero-order chi connectivity index (χ0) is 12.7. The lowest BCUT2D eigenvalue weighted by atomic mass is 10.2. The van der Waals surface area contributed by atoms with Crippen molar-refractivity contribution in [3.05, 3.63) is 28.2 Å². The van der Waals surface area contributed by atoms with Gasteiger partial charge in [-0.15, -0.1) is 0 Å². The summed E-state index contributed by atoms with van der Waals surface area (Å²) in [6, 6.07) is 5.69. The van der Waals surface area contributed by atoms with Gasteiger partial charge >= 0.3 is 0 Å². The van der Waals surface area contributed by atoms with Crippen molar-refractivity contribution < 1.29 is 4.74 Å². The van der Waals surface area contributed by atoms with Gasteiger partial charge in [-0.3, -0.25) is 5.43 Å². The number of ether oxygens (including phenoxy) is 1. The van der Waals surface area contributed by atoms with Gasteiger partial charge in [0.05, 0.1) is 17.8 Å². The molecule has 17 heavy (non-hydrogen) atoms. The van der Waals surface area contributed by atoms with E-state index < -0.39 is 0 Å². The molecule has 0 aliphatic carbocycles. The molecular weight excluding hydrogens is 302 g/mol. The highest BCUT2D eigenvalue weighted by Gasteiger charge is 1.99. The average molecular weight is 316 g/mol. The number of nitrogens with zero attached hydrogens (tertiary/aromatic N) is 1. The number of nitrogens with one attached hydrogen (secondary N) is 2. The summed E-state index contributed by atoms with van der Waals surface area (Å²) in [7, 11) is 1.63. The maximum Gasteiger partial charge on any atom is 0.186 e. The Morgan fingerprint density at radius 2 is 2.35 bits per heavy atom. The summed E-state index contributed by atoms with van der Waals surface area (Å²) in [4.78, 5) is 0. The maximum absolute atomic E-state index is 5.14. The highest BCUT2D eigenvalue weighted by Crippen LogP contribution is 2.24. The van der Waals surface area contributed by atoms with E-state index in [1.54, 1.807) is 13.3 Å². The SMILES string of the molecule is CCNC(=S)NN=Cc1ccc(OC)c(Br)c1. The monoisotopic (exact) mass is 315 g/mol. The van der Waals surface area contributed by atoms with Crippen LogP contribution in [0.2, 0.25) is 0 Å². The smallest absolute Gasteiger partial charge is 0.186 e. The van der Waals surface area contributed by atoms with Crippen LogP contribution in [-0.4, -0.2) is 25.0 Å². The molecule has 0 saturated heterocycles. The Bertz CT molecular complexity index is 423. The van der Waals surface area contributed by atoms with E-state index in [1.165, 1.54) is 0 Å². The summed E-state index contributed by atoms with van der Waals surface area (Å²) in [5, 5.41) is 7.47. The van der Waals surface area contributed by atoms with Crippen molar-refractivity contribution in [1.82, 2.24) is 10.7 Å². The standard InChI is InChI=1S/C11H14BrN3OS/c1-3-13-11(17)15-14-7-8-4-5-10(16-2)9(12)6-8/h4-7H,3H2,1-2H3,(H2,13,15,17). The van der Waals surface area contributed by atoms with E-state index in [2.05, 4.69) is 31.8 Å². The fourth-order valence-electron chi connectivity index (χ4n) is 1.13. The molecule has 1 aromatic carbocycles. The number of hydrogen-bond donors (Lipinski definition) is 2. The van der Waals surface area contributed by atoms with Crippen molar-refractivity contribution in [3.8, 4) is 5.75 Å². The second-order valence-electron chi connectivity index (χ2n) is 3.12. The van der Waals surface area contributed by atoms with E-state index in [0.717, 1.165) is 22.3 Å². The molecule has 0 aliphatic rings. The van der Waals surface area contributed by atoms with Crippen LogP contribution in [0.3, 0.4) is 0 Å². The Morgan fingerprint density at radius 3 is 2.94 bits per heavy atom. The third-order valence-electron chi connectivity index (χ3n) is 1.89. The number of methoxy groups -OCH3 is 1. The minimum absolute atomic E-state index is 0.510. The van der Waals surface area contributed by atoms with E-state index >= 15 is 0 Å². The second-order valence-corrected chi connectivity index (χ2v) is 4.39. The van der Waals surface area contributed by atoms with E-state index in [9.17, 15) is 0 Å². The van der Waals surface area contributed by atoms with Crippen LogP contribution in [0.15, 0.2) is 27.8 Å². The third-order valence-corrected chi connectivity index (χ3v) is 2.75. The van der Waals surface area contributed by atoms with Crippen molar-refractivity contribution in [2.75, 3.05) is 13.7 Å². The quantitative estimate of drug-likeness (QED) is 0.508. The maximum atomic E-state index is 5.14. The zero-order valence-corrected chi connectivity index (χ0v) is 12.1. The third kappa shape index (κ3) is 4.70. The van der Waals surface area contributed by atoms with Crippen LogP contribution in [-0.2, 0) is 0 Å². The van der Waals surface area contributed by atoms with Crippen molar-refractivity contribution in [2.24, 2.45) is 5.10 Å². The predicted octanol–water partition coefficient (Wildman–Crippen LogP) is 2.28. The first kappa shape index (κ1) is 13.9. The molecule has 4 nitrogen and oxygen atoms in total. The lowest BCUT2D eigenvalue weighted by Gasteiger charge is -2.04. The van der Waals surface area contributed by atoms with Gasteiger partial charge in [0.2, 0.25) is 0 Å². The lowest BCUT2D eigenvalue weighted by molar-refractivity contribution is 0.412. The Morgan fingerprint density at radius 1 is 1.59 bits per heavy atom. The largest absolute Gasteiger partial charge is 0.496 e. The van der Waals surface area contributed by atoms with Crippen LogP contribution >= 0.6 is 28.1 Å². The molecule has 1 aromatic rings. The normalized spacial score (nSPS) is 10.3. The molecule has 1 rings (SSSR count). The first-order chi connectivity index (χ1) is 8.17. The molecule has 0 fully saturated rings. The Balaban J connectivity index is 2.60. The zero-order valence-electron chi connectivity index (χ0n) is 9.66. The van der Waals surface area contributed by atoms with Crippen molar-refractivity contribution >= 4 is 39.5 Å². The number of benzene rings is 1. The summed E-state index contributed by atoms with van der Waals surface area (Å²) in [5.74, 6) is 0.790. The van der Waals surface area contributed by atoms with Crippen LogP contribution < -0.4 is 15.5 Å². The van der Waals surface area contributed by atoms with Crippen LogP contribution in [0, 0.1) is 0 Å². The van der Waals surface area contributed by atoms with E-state index in [4.69, 9.17) is 17.0 Å². The van der Waals surface area contributed by atoms with Crippen LogP contribution in [0.4, 0.5) is 0 Å². The highest BCUT2D eigenvalue weighted by atomic mass is 79.9. The van der Waals surface area contributed by atoms with Crippen molar-refractivity contribution in [3.63, 3.8) is 0 Å². The molecule has 6 heteroatoms. The summed E-state index contributed by atoms with van der Waals surface area (Å²) in [6.07, 6.45) is 1.69. The summed E-state index contributed by atoms with van der Waals surface area (Å²) >= 11 is 8.38. The second kappa shape index (κ2) is 7.24. The number of halogens is 1. The van der Waals surface area contributed by atoms with Crippen LogP contribution in [0.25, 0.3) is 0 Å². The molecule has 0 amide bonds. The van der Waals surface area contributed by atoms with Gasteiger partial charge in [-0.05, 0) is 58.8 Å².